The number of hydrogen-bond donors (Lipinski definition) is 1. The van der Waals surface area contributed by atoms with Gasteiger partial charge in [-0.1, -0.05) is 30.7 Å². The molecule has 0 spiro atoms. The Hall–Kier alpha value is -0.640. The molecule has 4 heteroatoms. The number of rotatable bonds is 3. The predicted octanol–water partition coefficient (Wildman–Crippen LogP) is 3.21. The Morgan fingerprint density at radius 2 is 2.25 bits per heavy atom. The highest BCUT2D eigenvalue weighted by atomic mass is 35.5. The number of hydrogen-bond acceptors (Lipinski definition) is 2. The van der Waals surface area contributed by atoms with Crippen molar-refractivity contribution < 1.29 is 4.39 Å². The Kier molecular flexibility index (Phi) is 3.78. The van der Waals surface area contributed by atoms with E-state index in [4.69, 9.17) is 11.6 Å². The number of benzene rings is 1. The highest BCUT2D eigenvalue weighted by Crippen LogP contribution is 2.38. The molecule has 20 heavy (non-hydrogen) atoms. The molecule has 0 aliphatic carbocycles. The van der Waals surface area contributed by atoms with Crippen LogP contribution in [-0.4, -0.2) is 37.6 Å². The summed E-state index contributed by atoms with van der Waals surface area (Å²) in [6.07, 6.45) is 1.75. The lowest BCUT2D eigenvalue weighted by molar-refractivity contribution is 0.143. The number of likely N-dealkylation sites (tertiary alicyclic amines) is 1. The molecule has 1 aromatic rings. The van der Waals surface area contributed by atoms with Gasteiger partial charge in [-0.15, -0.1) is 0 Å². The van der Waals surface area contributed by atoms with Crippen LogP contribution in [-0.2, 0) is 5.67 Å². The van der Waals surface area contributed by atoms with Gasteiger partial charge in [0, 0.05) is 31.2 Å². The summed E-state index contributed by atoms with van der Waals surface area (Å²) in [5.41, 5.74) is -0.227. The maximum Gasteiger partial charge on any atom is 0.149 e. The molecule has 2 aliphatic heterocycles. The molecule has 2 heterocycles. The van der Waals surface area contributed by atoms with Gasteiger partial charge in [-0.3, -0.25) is 4.90 Å². The van der Waals surface area contributed by atoms with E-state index < -0.39 is 5.67 Å². The zero-order chi connectivity index (χ0) is 14.2. The van der Waals surface area contributed by atoms with Crippen LogP contribution in [0.2, 0.25) is 5.02 Å². The topological polar surface area (TPSA) is 15.3 Å². The molecule has 0 aromatic heterocycles. The first-order chi connectivity index (χ1) is 9.49. The zero-order valence-electron chi connectivity index (χ0n) is 12.0. The van der Waals surface area contributed by atoms with Crippen LogP contribution in [0.4, 0.5) is 4.39 Å². The Morgan fingerprint density at radius 3 is 2.95 bits per heavy atom. The summed E-state index contributed by atoms with van der Waals surface area (Å²) in [6, 6.07) is 7.26. The van der Waals surface area contributed by atoms with Crippen LogP contribution in [0.5, 0.6) is 0 Å². The minimum Gasteiger partial charge on any atom is -0.316 e. The van der Waals surface area contributed by atoms with Gasteiger partial charge in [0.15, 0.2) is 0 Å². The van der Waals surface area contributed by atoms with Crippen molar-refractivity contribution in [2.24, 2.45) is 5.41 Å². The van der Waals surface area contributed by atoms with Gasteiger partial charge < -0.3 is 5.32 Å². The number of halogens is 2. The van der Waals surface area contributed by atoms with Gasteiger partial charge in [0.25, 0.3) is 0 Å². The minimum absolute atomic E-state index is 0.291. The molecule has 0 bridgehead atoms. The molecule has 2 fully saturated rings. The number of alkyl halides is 1. The van der Waals surface area contributed by atoms with Crippen LogP contribution in [0.1, 0.15) is 25.3 Å². The Bertz CT molecular complexity index is 487. The van der Waals surface area contributed by atoms with E-state index in [1.165, 1.54) is 6.42 Å². The zero-order valence-corrected chi connectivity index (χ0v) is 12.7. The van der Waals surface area contributed by atoms with Gasteiger partial charge in [-0.25, -0.2) is 4.39 Å². The van der Waals surface area contributed by atoms with Crippen LogP contribution in [0.25, 0.3) is 0 Å². The molecular weight excluding hydrogens is 275 g/mol. The van der Waals surface area contributed by atoms with E-state index in [2.05, 4.69) is 17.1 Å². The summed E-state index contributed by atoms with van der Waals surface area (Å²) in [7, 11) is 0. The van der Waals surface area contributed by atoms with Crippen LogP contribution >= 0.6 is 11.6 Å². The Labute approximate surface area is 125 Å². The number of nitrogens with zero attached hydrogens (tertiary/aromatic N) is 1. The molecule has 3 rings (SSSR count). The van der Waals surface area contributed by atoms with E-state index >= 15 is 4.39 Å². The molecule has 0 radical (unpaired) electrons. The van der Waals surface area contributed by atoms with Crippen molar-refractivity contribution in [3.05, 3.63) is 34.9 Å². The Balaban J connectivity index is 1.69. The first kappa shape index (κ1) is 14.3. The van der Waals surface area contributed by atoms with Crippen LogP contribution in [0.3, 0.4) is 0 Å². The third kappa shape index (κ3) is 2.85. The third-order valence-electron chi connectivity index (χ3n) is 4.70. The molecule has 1 aromatic carbocycles. The molecule has 2 aliphatic rings. The molecule has 2 nitrogen and oxygen atoms in total. The fraction of sp³-hybridized carbons (Fsp3) is 0.625. The average Bonchev–Trinajstić information content (AvgIpc) is 2.98. The molecule has 1 N–H and O–H groups in total. The van der Waals surface area contributed by atoms with Gasteiger partial charge >= 0.3 is 0 Å². The summed E-state index contributed by atoms with van der Waals surface area (Å²) in [4.78, 5) is 2.27. The summed E-state index contributed by atoms with van der Waals surface area (Å²) in [5, 5.41) is 4.02. The second-order valence-corrected chi connectivity index (χ2v) is 7.11. The van der Waals surface area contributed by atoms with Crippen LogP contribution in [0.15, 0.2) is 24.3 Å². The summed E-state index contributed by atoms with van der Waals surface area (Å²) in [6.45, 7) is 6.72. The molecular formula is C16H22ClFN2. The minimum atomic E-state index is -1.24. The molecule has 110 valence electrons. The van der Waals surface area contributed by atoms with Crippen molar-refractivity contribution in [2.75, 3.05) is 32.7 Å². The monoisotopic (exact) mass is 296 g/mol. The highest BCUT2D eigenvalue weighted by molar-refractivity contribution is 6.30. The molecule has 2 saturated heterocycles. The lowest BCUT2D eigenvalue weighted by Gasteiger charge is -2.29. The van der Waals surface area contributed by atoms with E-state index in [1.54, 1.807) is 12.1 Å². The van der Waals surface area contributed by atoms with Gasteiger partial charge in [-0.05, 0) is 42.5 Å². The summed E-state index contributed by atoms with van der Waals surface area (Å²) >= 11 is 5.99. The van der Waals surface area contributed by atoms with Crippen LogP contribution in [0, 0.1) is 5.41 Å². The normalized spacial score (nSPS) is 34.8. The van der Waals surface area contributed by atoms with Crippen molar-refractivity contribution in [2.45, 2.75) is 25.4 Å². The predicted molar refractivity (Wildman–Crippen MR) is 80.9 cm³/mol. The van der Waals surface area contributed by atoms with Gasteiger partial charge in [-0.2, -0.15) is 0 Å². The van der Waals surface area contributed by atoms with E-state index in [0.29, 0.717) is 23.4 Å². The maximum absolute atomic E-state index is 15.2. The van der Waals surface area contributed by atoms with E-state index in [-0.39, 0.29) is 0 Å². The second-order valence-electron chi connectivity index (χ2n) is 6.67. The first-order valence-electron chi connectivity index (χ1n) is 7.37. The van der Waals surface area contributed by atoms with Crippen molar-refractivity contribution in [1.29, 1.82) is 0 Å². The molecule has 0 amide bonds. The van der Waals surface area contributed by atoms with Crippen molar-refractivity contribution in [3.63, 3.8) is 0 Å². The van der Waals surface area contributed by atoms with E-state index in [9.17, 15) is 0 Å². The summed E-state index contributed by atoms with van der Waals surface area (Å²) < 4.78 is 15.2. The molecule has 0 saturated carbocycles. The molecule has 2 unspecified atom stereocenters. The van der Waals surface area contributed by atoms with Crippen molar-refractivity contribution >= 4 is 11.6 Å². The first-order valence-corrected chi connectivity index (χ1v) is 7.75. The maximum atomic E-state index is 15.2. The fourth-order valence-electron chi connectivity index (χ4n) is 3.53. The van der Waals surface area contributed by atoms with Crippen LogP contribution < -0.4 is 5.32 Å². The van der Waals surface area contributed by atoms with Gasteiger partial charge in [0.05, 0.1) is 0 Å². The largest absolute Gasteiger partial charge is 0.316 e. The standard InChI is InChI=1S/C16H22ClFN2/c1-15(5-7-19-10-15)11-20-8-6-16(18,12-20)13-3-2-4-14(17)9-13/h2-4,9,19H,5-8,10-12H2,1H3. The lowest BCUT2D eigenvalue weighted by Crippen LogP contribution is -2.37. The van der Waals surface area contributed by atoms with Gasteiger partial charge in [0.2, 0.25) is 0 Å². The number of nitrogens with one attached hydrogen (secondary N) is 1. The Morgan fingerprint density at radius 1 is 1.40 bits per heavy atom. The average molecular weight is 297 g/mol. The summed E-state index contributed by atoms with van der Waals surface area (Å²) in [5.74, 6) is 0. The second kappa shape index (κ2) is 5.28. The van der Waals surface area contributed by atoms with Gasteiger partial charge in [0.1, 0.15) is 5.67 Å². The van der Waals surface area contributed by atoms with E-state index in [1.807, 2.05) is 12.1 Å². The molecule has 2 atom stereocenters. The van der Waals surface area contributed by atoms with Crippen molar-refractivity contribution in [1.82, 2.24) is 10.2 Å². The quantitative estimate of drug-likeness (QED) is 0.921. The highest BCUT2D eigenvalue weighted by Gasteiger charge is 2.42. The lowest BCUT2D eigenvalue weighted by atomic mass is 9.89. The fourth-order valence-corrected chi connectivity index (χ4v) is 3.72. The third-order valence-corrected chi connectivity index (χ3v) is 4.94. The van der Waals surface area contributed by atoms with E-state index in [0.717, 1.165) is 31.7 Å². The SMILES string of the molecule is CC1(CN2CCC(F)(c3cccc(Cl)c3)C2)CCNC1. The van der Waals surface area contributed by atoms with Crippen molar-refractivity contribution in [3.8, 4) is 0 Å². The smallest absolute Gasteiger partial charge is 0.149 e.